The molecule has 0 radical (unpaired) electrons. The summed E-state index contributed by atoms with van der Waals surface area (Å²) >= 11 is 0. The average molecular weight is 470 g/mol. The Morgan fingerprint density at radius 1 is 0.943 bits per heavy atom. The monoisotopic (exact) mass is 469 g/mol. The van der Waals surface area contributed by atoms with Crippen LogP contribution < -0.4 is 21.1 Å². The Balaban J connectivity index is 1.33. The smallest absolute Gasteiger partial charge is 0.312 e. The normalized spacial score (nSPS) is 11.4. The fourth-order valence-electron chi connectivity index (χ4n) is 3.68. The molecule has 4 aromatic rings. The standard InChI is InChI=1S/C27H27N5O3/c28-27(34)31-25(21-6-4-9-24(18-21)35-23-7-2-1-3-8-23)19-26(33)29-16-14-20-10-12-22(13-11-20)32-17-5-15-30-32/h1-13,15,17-18,25H,14,16,19H2,(H,29,33)(H3,28,31,34)/t25-/m1/s1. The van der Waals surface area contributed by atoms with Gasteiger partial charge in [-0.25, -0.2) is 9.48 Å². The lowest BCUT2D eigenvalue weighted by Crippen LogP contribution is -2.37. The largest absolute Gasteiger partial charge is 0.457 e. The van der Waals surface area contributed by atoms with Gasteiger partial charge in [0.25, 0.3) is 0 Å². The molecule has 0 saturated heterocycles. The van der Waals surface area contributed by atoms with Gasteiger partial charge in [-0.05, 0) is 60.0 Å². The second-order valence-corrected chi connectivity index (χ2v) is 7.97. The van der Waals surface area contributed by atoms with E-state index in [1.54, 1.807) is 16.9 Å². The fraction of sp³-hybridized carbons (Fsp3) is 0.148. The van der Waals surface area contributed by atoms with Gasteiger partial charge in [0, 0.05) is 18.9 Å². The van der Waals surface area contributed by atoms with Crippen LogP contribution in [0.5, 0.6) is 11.5 Å². The van der Waals surface area contributed by atoms with Gasteiger partial charge in [0.2, 0.25) is 5.91 Å². The second-order valence-electron chi connectivity index (χ2n) is 7.97. The summed E-state index contributed by atoms with van der Waals surface area (Å²) in [6, 6.07) is 25.2. The van der Waals surface area contributed by atoms with Crippen LogP contribution in [0.4, 0.5) is 4.79 Å². The van der Waals surface area contributed by atoms with E-state index >= 15 is 0 Å². The van der Waals surface area contributed by atoms with Crippen molar-refractivity contribution in [3.63, 3.8) is 0 Å². The van der Waals surface area contributed by atoms with Gasteiger partial charge in [-0.3, -0.25) is 4.79 Å². The molecule has 8 nitrogen and oxygen atoms in total. The highest BCUT2D eigenvalue weighted by molar-refractivity contribution is 5.78. The predicted octanol–water partition coefficient (Wildman–Crippen LogP) is 4.12. The van der Waals surface area contributed by atoms with Gasteiger partial charge < -0.3 is 21.1 Å². The molecule has 0 fully saturated rings. The maximum absolute atomic E-state index is 12.6. The first-order valence-corrected chi connectivity index (χ1v) is 11.3. The van der Waals surface area contributed by atoms with Crippen molar-refractivity contribution in [1.29, 1.82) is 0 Å². The van der Waals surface area contributed by atoms with Gasteiger partial charge in [-0.15, -0.1) is 0 Å². The van der Waals surface area contributed by atoms with E-state index in [0.717, 1.165) is 16.8 Å². The van der Waals surface area contributed by atoms with Crippen molar-refractivity contribution >= 4 is 11.9 Å². The van der Waals surface area contributed by atoms with E-state index in [1.165, 1.54) is 0 Å². The van der Waals surface area contributed by atoms with Crippen molar-refractivity contribution in [1.82, 2.24) is 20.4 Å². The molecule has 1 atom stereocenters. The number of urea groups is 1. The minimum atomic E-state index is -0.700. The van der Waals surface area contributed by atoms with Gasteiger partial charge >= 0.3 is 6.03 Å². The van der Waals surface area contributed by atoms with E-state index in [4.69, 9.17) is 10.5 Å². The lowest BCUT2D eigenvalue weighted by molar-refractivity contribution is -0.121. The molecule has 4 rings (SSSR count). The molecule has 0 aliphatic rings. The summed E-state index contributed by atoms with van der Waals surface area (Å²) in [5.41, 5.74) is 8.17. The van der Waals surface area contributed by atoms with Gasteiger partial charge in [0.1, 0.15) is 11.5 Å². The van der Waals surface area contributed by atoms with Gasteiger partial charge in [-0.1, -0.05) is 42.5 Å². The maximum Gasteiger partial charge on any atom is 0.312 e. The first-order valence-electron chi connectivity index (χ1n) is 11.3. The van der Waals surface area contributed by atoms with E-state index < -0.39 is 12.1 Å². The zero-order valence-corrected chi connectivity index (χ0v) is 19.1. The predicted molar refractivity (Wildman–Crippen MR) is 133 cm³/mol. The first-order chi connectivity index (χ1) is 17.1. The Bertz CT molecular complexity index is 1240. The van der Waals surface area contributed by atoms with Crippen LogP contribution in [0.2, 0.25) is 0 Å². The van der Waals surface area contributed by atoms with Crippen molar-refractivity contribution in [2.24, 2.45) is 5.73 Å². The summed E-state index contributed by atoms with van der Waals surface area (Å²) < 4.78 is 7.66. The number of rotatable bonds is 10. The Hall–Kier alpha value is -4.59. The molecule has 1 heterocycles. The number of hydrogen-bond acceptors (Lipinski definition) is 4. The topological polar surface area (TPSA) is 111 Å². The minimum Gasteiger partial charge on any atom is -0.457 e. The summed E-state index contributed by atoms with van der Waals surface area (Å²) in [6.07, 6.45) is 4.35. The third-order valence-electron chi connectivity index (χ3n) is 5.39. The number of ether oxygens (including phenoxy) is 1. The van der Waals surface area contributed by atoms with Gasteiger partial charge in [0.05, 0.1) is 18.2 Å². The molecule has 1 aromatic heterocycles. The van der Waals surface area contributed by atoms with Crippen LogP contribution in [0.3, 0.4) is 0 Å². The summed E-state index contributed by atoms with van der Waals surface area (Å²) in [5.74, 6) is 1.11. The van der Waals surface area contributed by atoms with Gasteiger partial charge in [0.15, 0.2) is 0 Å². The highest BCUT2D eigenvalue weighted by Gasteiger charge is 2.18. The molecule has 0 spiro atoms. The SMILES string of the molecule is NC(=O)N[C@H](CC(=O)NCCc1ccc(-n2cccn2)cc1)c1cccc(Oc2ccccc2)c1. The van der Waals surface area contributed by atoms with Crippen LogP contribution in [-0.2, 0) is 11.2 Å². The molecule has 3 aromatic carbocycles. The number of carbonyl (C=O) groups excluding carboxylic acids is 2. The Kier molecular flexibility index (Phi) is 7.75. The number of carbonyl (C=O) groups is 2. The summed E-state index contributed by atoms with van der Waals surface area (Å²) in [7, 11) is 0. The van der Waals surface area contributed by atoms with Crippen LogP contribution >= 0.6 is 0 Å². The Labute approximate surface area is 203 Å². The lowest BCUT2D eigenvalue weighted by atomic mass is 10.0. The van der Waals surface area contributed by atoms with Gasteiger partial charge in [-0.2, -0.15) is 5.10 Å². The van der Waals surface area contributed by atoms with Crippen molar-refractivity contribution in [3.05, 3.63) is 108 Å². The van der Waals surface area contributed by atoms with Crippen LogP contribution in [0.1, 0.15) is 23.6 Å². The molecule has 8 heteroatoms. The number of nitrogens with zero attached hydrogens (tertiary/aromatic N) is 2. The molecule has 0 aliphatic carbocycles. The zero-order valence-electron chi connectivity index (χ0n) is 19.1. The fourth-order valence-corrected chi connectivity index (χ4v) is 3.68. The molecule has 3 amide bonds. The average Bonchev–Trinajstić information content (AvgIpc) is 3.40. The van der Waals surface area contributed by atoms with Crippen molar-refractivity contribution in [3.8, 4) is 17.2 Å². The van der Waals surface area contributed by atoms with E-state index in [9.17, 15) is 9.59 Å². The van der Waals surface area contributed by atoms with E-state index in [2.05, 4.69) is 15.7 Å². The van der Waals surface area contributed by atoms with Crippen molar-refractivity contribution in [2.75, 3.05) is 6.54 Å². The lowest BCUT2D eigenvalue weighted by Gasteiger charge is -2.19. The zero-order chi connectivity index (χ0) is 24.5. The molecule has 0 bridgehead atoms. The van der Waals surface area contributed by atoms with E-state index in [0.29, 0.717) is 24.5 Å². The van der Waals surface area contributed by atoms with Crippen LogP contribution in [-0.4, -0.2) is 28.3 Å². The maximum atomic E-state index is 12.6. The summed E-state index contributed by atoms with van der Waals surface area (Å²) in [5, 5.41) is 9.80. The Morgan fingerprint density at radius 2 is 1.71 bits per heavy atom. The first kappa shape index (κ1) is 23.6. The van der Waals surface area contributed by atoms with Crippen LogP contribution in [0, 0.1) is 0 Å². The highest BCUT2D eigenvalue weighted by atomic mass is 16.5. The molecule has 178 valence electrons. The van der Waals surface area contributed by atoms with E-state index in [-0.39, 0.29) is 12.3 Å². The number of nitrogens with one attached hydrogen (secondary N) is 2. The third-order valence-corrected chi connectivity index (χ3v) is 5.39. The summed E-state index contributed by atoms with van der Waals surface area (Å²) in [4.78, 5) is 24.2. The van der Waals surface area contributed by atoms with Crippen LogP contribution in [0.15, 0.2) is 97.3 Å². The summed E-state index contributed by atoms with van der Waals surface area (Å²) in [6.45, 7) is 0.473. The molecule has 0 saturated carbocycles. The highest BCUT2D eigenvalue weighted by Crippen LogP contribution is 2.26. The quantitative estimate of drug-likeness (QED) is 0.324. The minimum absolute atomic E-state index is 0.0516. The number of amides is 3. The number of nitrogens with two attached hydrogens (primary N) is 1. The van der Waals surface area contributed by atoms with Crippen molar-refractivity contribution < 1.29 is 14.3 Å². The number of aromatic nitrogens is 2. The molecule has 35 heavy (non-hydrogen) atoms. The number of hydrogen-bond donors (Lipinski definition) is 3. The number of para-hydroxylation sites is 1. The number of primary amides is 1. The molecule has 4 N–H and O–H groups in total. The second kappa shape index (κ2) is 11.5. The molecule has 0 unspecified atom stereocenters. The Morgan fingerprint density at radius 3 is 2.43 bits per heavy atom. The van der Waals surface area contributed by atoms with E-state index in [1.807, 2.05) is 85.1 Å². The third kappa shape index (κ3) is 6.94. The molecular weight excluding hydrogens is 442 g/mol. The number of benzene rings is 3. The van der Waals surface area contributed by atoms with Crippen LogP contribution in [0.25, 0.3) is 5.69 Å². The molecule has 0 aliphatic heterocycles. The molecular formula is C27H27N5O3. The van der Waals surface area contributed by atoms with Crippen molar-refractivity contribution in [2.45, 2.75) is 18.9 Å².